The number of carbonyl (C=O) groups is 1. The second-order valence-corrected chi connectivity index (χ2v) is 4.85. The van der Waals surface area contributed by atoms with Gasteiger partial charge in [0.05, 0.1) is 16.7 Å². The zero-order chi connectivity index (χ0) is 14.5. The van der Waals surface area contributed by atoms with Crippen molar-refractivity contribution in [3.63, 3.8) is 0 Å². The molecule has 3 nitrogen and oxygen atoms in total. The van der Waals surface area contributed by atoms with Crippen LogP contribution in [-0.4, -0.2) is 12.5 Å². The van der Waals surface area contributed by atoms with Crippen LogP contribution in [0.4, 0.5) is 5.69 Å². The molecule has 0 heterocycles. The van der Waals surface area contributed by atoms with Gasteiger partial charge >= 0.3 is 0 Å². The highest BCUT2D eigenvalue weighted by Gasteiger charge is 2.07. The van der Waals surface area contributed by atoms with Crippen molar-refractivity contribution in [1.82, 2.24) is 0 Å². The highest BCUT2D eigenvalue weighted by molar-refractivity contribution is 6.42. The number of halogens is 2. The van der Waals surface area contributed by atoms with Gasteiger partial charge in [-0.2, -0.15) is 0 Å². The van der Waals surface area contributed by atoms with E-state index in [4.69, 9.17) is 27.9 Å². The molecule has 0 unspecified atom stereocenters. The Morgan fingerprint density at radius 1 is 1.10 bits per heavy atom. The lowest BCUT2D eigenvalue weighted by molar-refractivity contribution is 0.102. The van der Waals surface area contributed by atoms with Gasteiger partial charge in [0.2, 0.25) is 0 Å². The van der Waals surface area contributed by atoms with Gasteiger partial charge in [0.1, 0.15) is 5.75 Å². The Labute approximate surface area is 127 Å². The first-order chi connectivity index (χ1) is 9.60. The summed E-state index contributed by atoms with van der Waals surface area (Å²) >= 11 is 11.7. The number of amides is 1. The fourth-order valence-corrected chi connectivity index (χ4v) is 1.94. The first kappa shape index (κ1) is 14.7. The Bertz CT molecular complexity index is 612. The fraction of sp³-hybridized carbons (Fsp3) is 0.133. The van der Waals surface area contributed by atoms with Crippen molar-refractivity contribution >= 4 is 34.8 Å². The molecule has 104 valence electrons. The summed E-state index contributed by atoms with van der Waals surface area (Å²) in [6.45, 7) is 2.50. The molecule has 0 radical (unpaired) electrons. The van der Waals surface area contributed by atoms with Crippen LogP contribution < -0.4 is 10.1 Å². The van der Waals surface area contributed by atoms with Gasteiger partial charge in [-0.15, -0.1) is 0 Å². The molecule has 0 spiro atoms. The quantitative estimate of drug-likeness (QED) is 0.893. The van der Waals surface area contributed by atoms with E-state index in [0.29, 0.717) is 27.9 Å². The first-order valence-corrected chi connectivity index (χ1v) is 6.85. The van der Waals surface area contributed by atoms with Crippen LogP contribution in [-0.2, 0) is 0 Å². The number of anilines is 1. The SMILES string of the molecule is CCOc1ccc(C(=O)Nc2ccc(Cl)c(Cl)c2)cc1. The largest absolute Gasteiger partial charge is 0.494 e. The van der Waals surface area contributed by atoms with E-state index in [1.807, 2.05) is 6.92 Å². The zero-order valence-corrected chi connectivity index (χ0v) is 12.3. The van der Waals surface area contributed by atoms with E-state index in [1.165, 1.54) is 0 Å². The van der Waals surface area contributed by atoms with Crippen molar-refractivity contribution in [2.45, 2.75) is 6.92 Å². The van der Waals surface area contributed by atoms with Crippen molar-refractivity contribution in [1.29, 1.82) is 0 Å². The van der Waals surface area contributed by atoms with Crippen LogP contribution in [0.5, 0.6) is 5.75 Å². The summed E-state index contributed by atoms with van der Waals surface area (Å²) < 4.78 is 5.32. The van der Waals surface area contributed by atoms with Crippen molar-refractivity contribution in [3.8, 4) is 5.75 Å². The molecule has 1 amide bonds. The standard InChI is InChI=1S/C15H13Cl2NO2/c1-2-20-12-6-3-10(4-7-12)15(19)18-11-5-8-13(16)14(17)9-11/h3-9H,2H2,1H3,(H,18,19). The fourth-order valence-electron chi connectivity index (χ4n) is 1.65. The second kappa shape index (κ2) is 6.64. The van der Waals surface area contributed by atoms with Crippen LogP contribution >= 0.6 is 23.2 Å². The minimum Gasteiger partial charge on any atom is -0.494 e. The molecule has 20 heavy (non-hydrogen) atoms. The molecule has 1 N–H and O–H groups in total. The minimum atomic E-state index is -0.216. The molecule has 0 bridgehead atoms. The van der Waals surface area contributed by atoms with Crippen molar-refractivity contribution in [2.75, 3.05) is 11.9 Å². The van der Waals surface area contributed by atoms with E-state index in [9.17, 15) is 4.79 Å². The third-order valence-electron chi connectivity index (χ3n) is 2.60. The van der Waals surface area contributed by atoms with E-state index < -0.39 is 0 Å². The topological polar surface area (TPSA) is 38.3 Å². The molecule has 0 fully saturated rings. The molecule has 0 atom stereocenters. The number of benzene rings is 2. The number of hydrogen-bond acceptors (Lipinski definition) is 2. The van der Waals surface area contributed by atoms with Crippen LogP contribution in [0.2, 0.25) is 10.0 Å². The summed E-state index contributed by atoms with van der Waals surface area (Å²) in [7, 11) is 0. The predicted octanol–water partition coefficient (Wildman–Crippen LogP) is 4.64. The molecule has 5 heteroatoms. The maximum absolute atomic E-state index is 12.1. The molecule has 0 aliphatic heterocycles. The monoisotopic (exact) mass is 309 g/mol. The smallest absolute Gasteiger partial charge is 0.255 e. The third kappa shape index (κ3) is 3.65. The van der Waals surface area contributed by atoms with Crippen molar-refractivity contribution < 1.29 is 9.53 Å². The molecule has 2 rings (SSSR count). The van der Waals surface area contributed by atoms with E-state index in [2.05, 4.69) is 5.32 Å². The van der Waals surface area contributed by atoms with Crippen molar-refractivity contribution in [3.05, 3.63) is 58.1 Å². The Morgan fingerprint density at radius 3 is 2.40 bits per heavy atom. The molecule has 2 aromatic rings. The third-order valence-corrected chi connectivity index (χ3v) is 3.34. The van der Waals surface area contributed by atoms with Gasteiger partial charge in [0.25, 0.3) is 5.91 Å². The summed E-state index contributed by atoms with van der Waals surface area (Å²) in [5, 5.41) is 3.60. The highest BCUT2D eigenvalue weighted by Crippen LogP contribution is 2.25. The molecule has 0 aliphatic carbocycles. The Hall–Kier alpha value is -1.71. The molecule has 0 saturated carbocycles. The summed E-state index contributed by atoms with van der Waals surface area (Å²) in [4.78, 5) is 12.1. The molecular formula is C15H13Cl2NO2. The van der Waals surface area contributed by atoms with Crippen LogP contribution in [0.25, 0.3) is 0 Å². The Balaban J connectivity index is 2.09. The molecular weight excluding hydrogens is 297 g/mol. The van der Waals surface area contributed by atoms with Crippen LogP contribution in [0, 0.1) is 0 Å². The predicted molar refractivity (Wildman–Crippen MR) is 82.0 cm³/mol. The van der Waals surface area contributed by atoms with Crippen LogP contribution in [0.3, 0.4) is 0 Å². The number of carbonyl (C=O) groups excluding carboxylic acids is 1. The summed E-state index contributed by atoms with van der Waals surface area (Å²) in [5.74, 6) is 0.519. The number of hydrogen-bond donors (Lipinski definition) is 1. The van der Waals surface area contributed by atoms with Crippen molar-refractivity contribution in [2.24, 2.45) is 0 Å². The number of ether oxygens (including phenoxy) is 1. The lowest BCUT2D eigenvalue weighted by atomic mass is 10.2. The highest BCUT2D eigenvalue weighted by atomic mass is 35.5. The maximum Gasteiger partial charge on any atom is 0.255 e. The average Bonchev–Trinajstić information content (AvgIpc) is 2.44. The number of rotatable bonds is 4. The lowest BCUT2D eigenvalue weighted by Gasteiger charge is -2.07. The second-order valence-electron chi connectivity index (χ2n) is 4.04. The molecule has 2 aromatic carbocycles. The first-order valence-electron chi connectivity index (χ1n) is 6.09. The molecule has 0 aliphatic rings. The van der Waals surface area contributed by atoms with Gasteiger partial charge in [0.15, 0.2) is 0 Å². The molecule has 0 aromatic heterocycles. The summed E-state index contributed by atoms with van der Waals surface area (Å²) in [5.41, 5.74) is 1.14. The van der Waals surface area contributed by atoms with Crippen LogP contribution in [0.15, 0.2) is 42.5 Å². The maximum atomic E-state index is 12.1. The average molecular weight is 310 g/mol. The summed E-state index contributed by atoms with van der Waals surface area (Å²) in [6, 6.07) is 11.9. The van der Waals surface area contributed by atoms with E-state index in [1.54, 1.807) is 42.5 Å². The lowest BCUT2D eigenvalue weighted by Crippen LogP contribution is -2.11. The van der Waals surface area contributed by atoms with Gasteiger partial charge < -0.3 is 10.1 Å². The van der Waals surface area contributed by atoms with Gasteiger partial charge in [-0.1, -0.05) is 23.2 Å². The van der Waals surface area contributed by atoms with Gasteiger partial charge in [-0.25, -0.2) is 0 Å². The van der Waals surface area contributed by atoms with E-state index >= 15 is 0 Å². The van der Waals surface area contributed by atoms with Gasteiger partial charge in [-0.3, -0.25) is 4.79 Å². The summed E-state index contributed by atoms with van der Waals surface area (Å²) in [6.07, 6.45) is 0. The zero-order valence-electron chi connectivity index (χ0n) is 10.8. The van der Waals surface area contributed by atoms with Crippen LogP contribution in [0.1, 0.15) is 17.3 Å². The Morgan fingerprint density at radius 2 is 1.80 bits per heavy atom. The Kier molecular flexibility index (Phi) is 4.88. The normalized spacial score (nSPS) is 10.2. The van der Waals surface area contributed by atoms with E-state index in [0.717, 1.165) is 5.75 Å². The molecule has 0 saturated heterocycles. The van der Waals surface area contributed by atoms with E-state index in [-0.39, 0.29) is 5.91 Å². The number of nitrogens with one attached hydrogen (secondary N) is 1. The van der Waals surface area contributed by atoms with Gasteiger partial charge in [-0.05, 0) is 49.4 Å². The minimum absolute atomic E-state index is 0.216. The van der Waals surface area contributed by atoms with Gasteiger partial charge in [0, 0.05) is 11.3 Å².